The van der Waals surface area contributed by atoms with Gasteiger partial charge in [0, 0.05) is 12.2 Å². The summed E-state index contributed by atoms with van der Waals surface area (Å²) >= 11 is 0. The molecule has 0 atom stereocenters. The summed E-state index contributed by atoms with van der Waals surface area (Å²) in [5.41, 5.74) is 5.35. The van der Waals surface area contributed by atoms with Crippen LogP contribution in [0.25, 0.3) is 39.3 Å². The normalized spacial score (nSPS) is 12.1. The van der Waals surface area contributed by atoms with E-state index in [0.29, 0.717) is 21.4 Å². The molecule has 0 saturated heterocycles. The largest absolute Gasteiger partial charge is 0.494 e. The molecule has 0 aliphatic carbocycles. The van der Waals surface area contributed by atoms with E-state index < -0.39 is 17.4 Å². The summed E-state index contributed by atoms with van der Waals surface area (Å²) in [5, 5.41) is 3.64. The smallest absolute Gasteiger partial charge is 0.435 e. The first kappa shape index (κ1) is 21.7. The topological polar surface area (TPSA) is 111 Å². The van der Waals surface area contributed by atoms with Crippen LogP contribution in [0.4, 0.5) is 13.2 Å². The van der Waals surface area contributed by atoms with Gasteiger partial charge >= 0.3 is 6.18 Å². The van der Waals surface area contributed by atoms with Crippen LogP contribution < -0.4 is 16.0 Å². The van der Waals surface area contributed by atoms with Crippen molar-refractivity contribution < 1.29 is 22.3 Å². The minimum atomic E-state index is -4.78. The number of methoxy groups -OCH3 is 1. The van der Waals surface area contributed by atoms with Gasteiger partial charge in [-0.1, -0.05) is 30.3 Å². The number of aromatic nitrogens is 4. The minimum Gasteiger partial charge on any atom is -0.494 e. The van der Waals surface area contributed by atoms with Crippen LogP contribution in [0.1, 0.15) is 17.0 Å². The van der Waals surface area contributed by atoms with Crippen LogP contribution in [0.15, 0.2) is 51.7 Å². The number of nitrogens with zero attached hydrogens (tertiary/aromatic N) is 3. The summed E-state index contributed by atoms with van der Waals surface area (Å²) in [6, 6.07) is 11.3. The summed E-state index contributed by atoms with van der Waals surface area (Å²) in [4.78, 5) is 20.7. The predicted octanol–water partition coefficient (Wildman–Crippen LogP) is 4.29. The van der Waals surface area contributed by atoms with Crippen LogP contribution >= 0.6 is 0 Å². The van der Waals surface area contributed by atoms with E-state index in [2.05, 4.69) is 15.1 Å². The summed E-state index contributed by atoms with van der Waals surface area (Å²) in [5.74, 6) is 0.321. The number of aromatic amines is 1. The van der Waals surface area contributed by atoms with E-state index in [9.17, 15) is 18.0 Å². The molecule has 0 aliphatic rings. The zero-order valence-corrected chi connectivity index (χ0v) is 18.0. The zero-order chi connectivity index (χ0) is 24.2. The maximum Gasteiger partial charge on any atom is 0.435 e. The van der Waals surface area contributed by atoms with Crippen molar-refractivity contribution in [2.24, 2.45) is 5.73 Å². The lowest BCUT2D eigenvalue weighted by Crippen LogP contribution is -2.19. The summed E-state index contributed by atoms with van der Waals surface area (Å²) < 4.78 is 53.5. The number of hydrogen-bond donors (Lipinski definition) is 2. The third-order valence-electron chi connectivity index (χ3n) is 5.49. The van der Waals surface area contributed by atoms with Gasteiger partial charge in [-0.3, -0.25) is 4.79 Å². The SMILES string of the molecule is COc1cc(CN)cc2oc(-c3c(C)[nH]c4c(-c5ccccc5)c(C(F)(F)F)nn4c3=O)nc12. The van der Waals surface area contributed by atoms with Gasteiger partial charge < -0.3 is 19.9 Å². The monoisotopic (exact) mass is 469 g/mol. The lowest BCUT2D eigenvalue weighted by atomic mass is 10.1. The maximum absolute atomic E-state index is 13.9. The summed E-state index contributed by atoms with van der Waals surface area (Å²) in [6.45, 7) is 1.78. The first-order valence-corrected chi connectivity index (χ1v) is 10.2. The van der Waals surface area contributed by atoms with Crippen LogP contribution in [-0.4, -0.2) is 26.7 Å². The van der Waals surface area contributed by atoms with Crippen molar-refractivity contribution >= 4 is 16.7 Å². The van der Waals surface area contributed by atoms with E-state index in [1.54, 1.807) is 37.3 Å². The second kappa shape index (κ2) is 7.73. The second-order valence-electron chi connectivity index (χ2n) is 7.65. The number of nitrogens with one attached hydrogen (secondary N) is 1. The Kier molecular flexibility index (Phi) is 4.94. The highest BCUT2D eigenvalue weighted by Gasteiger charge is 2.39. The number of fused-ring (bicyclic) bond motifs is 2. The van der Waals surface area contributed by atoms with E-state index in [4.69, 9.17) is 14.9 Å². The first-order chi connectivity index (χ1) is 16.2. The maximum atomic E-state index is 13.9. The van der Waals surface area contributed by atoms with Crippen molar-refractivity contribution in [3.8, 4) is 28.3 Å². The average molecular weight is 469 g/mol. The number of benzene rings is 2. The second-order valence-corrected chi connectivity index (χ2v) is 7.65. The number of oxazole rings is 1. The Hall–Kier alpha value is -4.12. The minimum absolute atomic E-state index is 0.0455. The fourth-order valence-corrected chi connectivity index (χ4v) is 3.95. The van der Waals surface area contributed by atoms with Gasteiger partial charge in [0.05, 0.1) is 12.7 Å². The third-order valence-corrected chi connectivity index (χ3v) is 5.49. The van der Waals surface area contributed by atoms with Crippen molar-refractivity contribution in [1.29, 1.82) is 0 Å². The first-order valence-electron chi connectivity index (χ1n) is 10.2. The van der Waals surface area contributed by atoms with E-state index in [-0.39, 0.29) is 40.5 Å². The molecule has 0 saturated carbocycles. The van der Waals surface area contributed by atoms with E-state index in [1.165, 1.54) is 19.2 Å². The Morgan fingerprint density at radius 2 is 1.91 bits per heavy atom. The number of H-pyrrole nitrogens is 1. The predicted molar refractivity (Wildman–Crippen MR) is 118 cm³/mol. The van der Waals surface area contributed by atoms with Crippen molar-refractivity contribution in [1.82, 2.24) is 19.6 Å². The Morgan fingerprint density at radius 3 is 2.56 bits per heavy atom. The lowest BCUT2D eigenvalue weighted by molar-refractivity contribution is -0.140. The molecule has 0 aliphatic heterocycles. The molecule has 3 heterocycles. The van der Waals surface area contributed by atoms with Crippen LogP contribution in [0.3, 0.4) is 0 Å². The standard InChI is InChI=1S/C23H18F3N5O3/c1-11-16(21-29-18-14(33-2)8-12(10-27)9-15(18)34-21)22(32)31-20(28-11)17(13-6-4-3-5-7-13)19(30-31)23(24,25)26/h3-9,28H,10,27H2,1-2H3. The summed E-state index contributed by atoms with van der Waals surface area (Å²) in [7, 11) is 1.46. The average Bonchev–Trinajstić information content (AvgIpc) is 3.40. The van der Waals surface area contributed by atoms with Gasteiger partial charge in [0.15, 0.2) is 16.8 Å². The molecule has 3 N–H and O–H groups in total. The fourth-order valence-electron chi connectivity index (χ4n) is 3.95. The molecule has 3 aromatic heterocycles. The Bertz CT molecular complexity index is 1600. The number of alkyl halides is 3. The zero-order valence-electron chi connectivity index (χ0n) is 18.0. The lowest BCUT2D eigenvalue weighted by Gasteiger charge is -2.07. The Balaban J connectivity index is 1.81. The highest BCUT2D eigenvalue weighted by Crippen LogP contribution is 2.38. The van der Waals surface area contributed by atoms with Gasteiger partial charge in [-0.05, 0) is 30.2 Å². The van der Waals surface area contributed by atoms with Gasteiger partial charge in [0.25, 0.3) is 5.56 Å². The quantitative estimate of drug-likeness (QED) is 0.406. The van der Waals surface area contributed by atoms with Crippen molar-refractivity contribution in [3.63, 3.8) is 0 Å². The number of rotatable bonds is 4. The van der Waals surface area contributed by atoms with Crippen LogP contribution in [0.5, 0.6) is 5.75 Å². The molecule has 0 fully saturated rings. The van der Waals surface area contributed by atoms with Gasteiger partial charge in [0.1, 0.15) is 17.0 Å². The number of ether oxygens (including phenoxy) is 1. The molecule has 0 unspecified atom stereocenters. The van der Waals surface area contributed by atoms with Gasteiger partial charge in [-0.2, -0.15) is 22.8 Å². The number of nitrogens with two attached hydrogens (primary N) is 1. The van der Waals surface area contributed by atoms with Crippen LogP contribution in [0.2, 0.25) is 0 Å². The Labute approximate surface area is 189 Å². The van der Waals surface area contributed by atoms with Gasteiger partial charge in [-0.15, -0.1) is 0 Å². The van der Waals surface area contributed by atoms with Gasteiger partial charge in [-0.25, -0.2) is 4.98 Å². The molecule has 34 heavy (non-hydrogen) atoms. The molecule has 5 rings (SSSR count). The number of hydrogen-bond acceptors (Lipinski definition) is 6. The molecule has 0 bridgehead atoms. The molecule has 2 aromatic carbocycles. The molecule has 8 nitrogen and oxygen atoms in total. The fraction of sp³-hybridized carbons (Fsp3) is 0.174. The third kappa shape index (κ3) is 3.32. The van der Waals surface area contributed by atoms with E-state index >= 15 is 0 Å². The molecule has 0 radical (unpaired) electrons. The van der Waals surface area contributed by atoms with Crippen molar-refractivity contribution in [2.45, 2.75) is 19.6 Å². The number of halogens is 3. The molecule has 174 valence electrons. The Morgan fingerprint density at radius 1 is 1.18 bits per heavy atom. The number of aryl methyl sites for hydroxylation is 1. The van der Waals surface area contributed by atoms with Gasteiger partial charge in [0.2, 0.25) is 5.89 Å². The van der Waals surface area contributed by atoms with Crippen molar-refractivity contribution in [3.05, 3.63) is 69.8 Å². The van der Waals surface area contributed by atoms with Crippen LogP contribution in [0, 0.1) is 6.92 Å². The van der Waals surface area contributed by atoms with Crippen LogP contribution in [-0.2, 0) is 12.7 Å². The highest BCUT2D eigenvalue weighted by atomic mass is 19.4. The highest BCUT2D eigenvalue weighted by molar-refractivity contribution is 5.84. The molecule has 11 heteroatoms. The molecule has 5 aromatic rings. The molecular weight excluding hydrogens is 451 g/mol. The van der Waals surface area contributed by atoms with Crippen molar-refractivity contribution in [2.75, 3.05) is 7.11 Å². The molecular formula is C23H18F3N5O3. The molecule has 0 spiro atoms. The molecule has 0 amide bonds. The van der Waals surface area contributed by atoms with E-state index in [0.717, 1.165) is 5.56 Å². The summed E-state index contributed by atoms with van der Waals surface area (Å²) in [6.07, 6.45) is -4.78. The van der Waals surface area contributed by atoms with E-state index in [1.807, 2.05) is 0 Å².